The molecule has 0 saturated carbocycles. The molecule has 0 radical (unpaired) electrons. The van der Waals surface area contributed by atoms with Crippen LogP contribution < -0.4 is 25.8 Å². The van der Waals surface area contributed by atoms with Gasteiger partial charge in [0.25, 0.3) is 5.56 Å². The zero-order chi connectivity index (χ0) is 27.0. The second-order valence-electron chi connectivity index (χ2n) is 10.2. The topological polar surface area (TPSA) is 128 Å². The molecular weight excluding hydrogens is 498 g/mol. The van der Waals surface area contributed by atoms with E-state index in [1.54, 1.807) is 29.1 Å². The van der Waals surface area contributed by atoms with Gasteiger partial charge >= 0.3 is 11.9 Å². The number of nitrogens with zero attached hydrogens (tertiary/aromatic N) is 7. The number of pyridine rings is 1. The minimum absolute atomic E-state index is 0.0771. The first kappa shape index (κ1) is 26.0. The van der Waals surface area contributed by atoms with Gasteiger partial charge in [-0.1, -0.05) is 11.2 Å². The van der Waals surface area contributed by atoms with Gasteiger partial charge in [0.1, 0.15) is 0 Å². The van der Waals surface area contributed by atoms with Crippen molar-refractivity contribution in [1.82, 2.24) is 24.7 Å². The van der Waals surface area contributed by atoms with Gasteiger partial charge in [0.05, 0.1) is 24.5 Å². The molecule has 0 spiro atoms. The summed E-state index contributed by atoms with van der Waals surface area (Å²) in [6.45, 7) is 6.97. The first-order valence-electron chi connectivity index (χ1n) is 12.7. The van der Waals surface area contributed by atoms with E-state index in [-0.39, 0.29) is 35.7 Å². The molecule has 13 heteroatoms. The Kier molecular flexibility index (Phi) is 7.03. The number of halogens is 2. The van der Waals surface area contributed by atoms with Gasteiger partial charge in [-0.3, -0.25) is 4.79 Å². The van der Waals surface area contributed by atoms with E-state index in [9.17, 15) is 13.6 Å². The largest absolute Gasteiger partial charge is 0.487 e. The minimum atomic E-state index is -3.14. The van der Waals surface area contributed by atoms with Crippen molar-refractivity contribution in [2.45, 2.75) is 57.7 Å². The van der Waals surface area contributed by atoms with E-state index in [4.69, 9.17) is 15.0 Å². The number of anilines is 2. The summed E-state index contributed by atoms with van der Waals surface area (Å²) in [4.78, 5) is 29.0. The summed E-state index contributed by atoms with van der Waals surface area (Å²) in [5.74, 6) is -2.39. The van der Waals surface area contributed by atoms with Crippen LogP contribution in [0, 0.1) is 12.8 Å². The lowest BCUT2D eigenvalue weighted by atomic mass is 9.92. The Labute approximate surface area is 218 Å². The van der Waals surface area contributed by atoms with Gasteiger partial charge in [-0.15, -0.1) is 0 Å². The molecule has 0 bridgehead atoms. The van der Waals surface area contributed by atoms with Crippen LogP contribution in [-0.2, 0) is 5.92 Å². The average molecular weight is 531 g/mol. The molecule has 0 aliphatic carbocycles. The van der Waals surface area contributed by atoms with E-state index in [2.05, 4.69) is 20.1 Å². The predicted octanol–water partition coefficient (Wildman–Crippen LogP) is 2.51. The summed E-state index contributed by atoms with van der Waals surface area (Å²) in [7, 11) is 0. The Balaban J connectivity index is 1.15. The molecular formula is C25H32F2N8O3. The summed E-state index contributed by atoms with van der Waals surface area (Å²) in [5, 5.41) is 3.40. The maximum atomic E-state index is 13.4. The number of nitrogens with two attached hydrogens (primary N) is 1. The number of piperidine rings is 1. The Morgan fingerprint density at radius 3 is 2.53 bits per heavy atom. The lowest BCUT2D eigenvalue weighted by molar-refractivity contribution is 0.00559. The molecule has 204 valence electrons. The first-order chi connectivity index (χ1) is 18.1. The zero-order valence-corrected chi connectivity index (χ0v) is 21.6. The highest BCUT2D eigenvalue weighted by Crippen LogP contribution is 2.30. The Bertz CT molecular complexity index is 1300. The molecule has 5 heterocycles. The summed E-state index contributed by atoms with van der Waals surface area (Å²) in [5.41, 5.74) is 7.29. The number of rotatable bonds is 7. The van der Waals surface area contributed by atoms with Crippen LogP contribution in [0.4, 0.5) is 20.7 Å². The van der Waals surface area contributed by atoms with E-state index in [1.165, 1.54) is 0 Å². The number of ether oxygens (including phenoxy) is 1. The molecule has 2 aliphatic heterocycles. The molecule has 3 aromatic heterocycles. The van der Waals surface area contributed by atoms with Crippen molar-refractivity contribution in [1.29, 1.82) is 0 Å². The van der Waals surface area contributed by atoms with Crippen LogP contribution in [0.3, 0.4) is 0 Å². The first-order valence-corrected chi connectivity index (χ1v) is 12.7. The molecule has 11 nitrogen and oxygen atoms in total. The monoisotopic (exact) mass is 530 g/mol. The SMILES string of the molecule is Cc1ccc(=O)n(C2CN(c3ncc(O[C@@H](C)C4CCN(c5nc(C(C)(F)F)no5)CC4)cn3)C[C@@H]2N)c1. The molecule has 0 aromatic carbocycles. The van der Waals surface area contributed by atoms with Gasteiger partial charge in [0, 0.05) is 51.4 Å². The predicted molar refractivity (Wildman–Crippen MR) is 136 cm³/mol. The third-order valence-electron chi connectivity index (χ3n) is 7.28. The van der Waals surface area contributed by atoms with Crippen LogP contribution in [0.2, 0.25) is 0 Å². The van der Waals surface area contributed by atoms with Crippen LogP contribution in [0.5, 0.6) is 5.75 Å². The maximum absolute atomic E-state index is 13.4. The highest BCUT2D eigenvalue weighted by Gasteiger charge is 2.35. The molecule has 0 amide bonds. The molecule has 3 aromatic rings. The number of hydrogen-bond donors (Lipinski definition) is 1. The molecule has 2 N–H and O–H groups in total. The molecule has 2 aliphatic rings. The second kappa shape index (κ2) is 10.3. The van der Waals surface area contributed by atoms with Crippen LogP contribution in [0.25, 0.3) is 0 Å². The average Bonchev–Trinajstić information content (AvgIpc) is 3.54. The van der Waals surface area contributed by atoms with Crippen molar-refractivity contribution in [3.05, 3.63) is 52.5 Å². The highest BCUT2D eigenvalue weighted by atomic mass is 19.3. The van der Waals surface area contributed by atoms with Crippen LogP contribution in [0.1, 0.15) is 44.1 Å². The Hall–Kier alpha value is -3.61. The van der Waals surface area contributed by atoms with Crippen LogP contribution >= 0.6 is 0 Å². The van der Waals surface area contributed by atoms with Crippen molar-refractivity contribution < 1.29 is 18.0 Å². The van der Waals surface area contributed by atoms with Gasteiger partial charge in [0.15, 0.2) is 5.75 Å². The molecule has 5 rings (SSSR count). The second-order valence-corrected chi connectivity index (χ2v) is 10.2. The van der Waals surface area contributed by atoms with Crippen molar-refractivity contribution >= 4 is 12.0 Å². The normalized spacial score (nSPS) is 21.6. The van der Waals surface area contributed by atoms with Gasteiger partial charge in [-0.2, -0.15) is 13.8 Å². The molecule has 3 atom stereocenters. The zero-order valence-electron chi connectivity index (χ0n) is 21.6. The summed E-state index contributed by atoms with van der Waals surface area (Å²) < 4.78 is 39.7. The maximum Gasteiger partial charge on any atom is 0.324 e. The Morgan fingerprint density at radius 1 is 1.16 bits per heavy atom. The van der Waals surface area contributed by atoms with Crippen LogP contribution in [0.15, 0.2) is 40.0 Å². The smallest absolute Gasteiger partial charge is 0.324 e. The van der Waals surface area contributed by atoms with Crippen molar-refractivity contribution in [2.75, 3.05) is 36.0 Å². The lowest BCUT2D eigenvalue weighted by Gasteiger charge is -2.33. The lowest BCUT2D eigenvalue weighted by Crippen LogP contribution is -2.39. The summed E-state index contributed by atoms with van der Waals surface area (Å²) in [6.07, 6.45) is 6.61. The van der Waals surface area contributed by atoms with Crippen molar-refractivity contribution in [3.63, 3.8) is 0 Å². The number of aryl methyl sites for hydroxylation is 1. The number of hydrogen-bond acceptors (Lipinski definition) is 10. The van der Waals surface area contributed by atoms with Crippen LogP contribution in [-0.4, -0.2) is 63.0 Å². The fourth-order valence-electron chi connectivity index (χ4n) is 5.07. The van der Waals surface area contributed by atoms with E-state index in [1.807, 2.05) is 29.8 Å². The van der Waals surface area contributed by atoms with E-state index < -0.39 is 11.7 Å². The van der Waals surface area contributed by atoms with Gasteiger partial charge in [0.2, 0.25) is 11.8 Å². The van der Waals surface area contributed by atoms with E-state index in [0.717, 1.165) is 25.3 Å². The van der Waals surface area contributed by atoms with E-state index >= 15 is 0 Å². The van der Waals surface area contributed by atoms with Gasteiger partial charge < -0.3 is 29.4 Å². The molecule has 38 heavy (non-hydrogen) atoms. The van der Waals surface area contributed by atoms with E-state index in [0.29, 0.717) is 37.9 Å². The summed E-state index contributed by atoms with van der Waals surface area (Å²) >= 11 is 0. The fraction of sp³-hybridized carbons (Fsp3) is 0.560. The minimum Gasteiger partial charge on any atom is -0.487 e. The quantitative estimate of drug-likeness (QED) is 0.487. The highest BCUT2D eigenvalue weighted by molar-refractivity contribution is 5.35. The standard InChI is InChI=1S/C25H32F2N8O3/c1-15-4-5-21(36)35(12-15)20-14-34(13-19(20)28)23-29-10-18(11-30-23)37-16(2)17-6-8-33(9-7-17)24-31-22(32-38-24)25(3,26)27/h4-5,10-12,16-17,19-20H,6-9,13-14,28H2,1-3H3/t16-,19-,20?/m0/s1. The summed E-state index contributed by atoms with van der Waals surface area (Å²) in [6, 6.07) is 3.09. The molecule has 1 unspecified atom stereocenters. The van der Waals surface area contributed by atoms with Gasteiger partial charge in [-0.05, 0) is 38.2 Å². The number of aromatic nitrogens is 5. The van der Waals surface area contributed by atoms with Crippen molar-refractivity contribution in [3.8, 4) is 5.75 Å². The molecule has 2 saturated heterocycles. The molecule has 2 fully saturated rings. The van der Waals surface area contributed by atoms with Crippen molar-refractivity contribution in [2.24, 2.45) is 11.7 Å². The Morgan fingerprint density at radius 2 is 1.87 bits per heavy atom. The van der Waals surface area contributed by atoms with Gasteiger partial charge in [-0.25, -0.2) is 9.97 Å². The third-order valence-corrected chi connectivity index (χ3v) is 7.28. The third kappa shape index (κ3) is 5.47. The number of alkyl halides is 2. The fourth-order valence-corrected chi connectivity index (χ4v) is 5.07.